The first-order chi connectivity index (χ1) is 19.8. The summed E-state index contributed by atoms with van der Waals surface area (Å²) in [6.07, 6.45) is 3.72. The van der Waals surface area contributed by atoms with Crippen molar-refractivity contribution in [3.05, 3.63) is 108 Å². The number of benzene rings is 3. The lowest BCUT2D eigenvalue weighted by atomic mass is 9.86. The largest absolute Gasteiger partial charge is 0.490 e. The summed E-state index contributed by atoms with van der Waals surface area (Å²) in [5.41, 5.74) is 3.40. The lowest BCUT2D eigenvalue weighted by molar-refractivity contribution is 0.0968. The third kappa shape index (κ3) is 7.86. The van der Waals surface area contributed by atoms with E-state index in [0.29, 0.717) is 23.0 Å². The Morgan fingerprint density at radius 3 is 2.44 bits per heavy atom. The molecule has 7 heteroatoms. The van der Waals surface area contributed by atoms with Gasteiger partial charge in [0.1, 0.15) is 23.3 Å². The minimum Gasteiger partial charge on any atom is -0.490 e. The highest BCUT2D eigenvalue weighted by atomic mass is 16.5. The number of nitrogens with zero attached hydrogens (tertiary/aromatic N) is 2. The van der Waals surface area contributed by atoms with Gasteiger partial charge in [0.15, 0.2) is 0 Å². The number of aromatic nitrogens is 1. The second kappa shape index (κ2) is 12.9. The number of ether oxygens (including phenoxy) is 2. The van der Waals surface area contributed by atoms with Crippen LogP contribution in [0, 0.1) is 0 Å². The molecule has 3 aromatic carbocycles. The predicted molar refractivity (Wildman–Crippen MR) is 164 cm³/mol. The van der Waals surface area contributed by atoms with Crippen molar-refractivity contribution in [1.82, 2.24) is 9.88 Å². The lowest BCUT2D eigenvalue weighted by Crippen LogP contribution is -2.37. The van der Waals surface area contributed by atoms with Crippen molar-refractivity contribution in [1.29, 1.82) is 0 Å². The molecule has 1 fully saturated rings. The molecule has 0 unspecified atom stereocenters. The molecule has 2 heterocycles. The molecule has 5 rings (SSSR count). The number of anilines is 2. The molecule has 0 radical (unpaired) electrons. The zero-order valence-electron chi connectivity index (χ0n) is 24.0. The van der Waals surface area contributed by atoms with Crippen molar-refractivity contribution in [2.75, 3.05) is 23.7 Å². The van der Waals surface area contributed by atoms with E-state index in [1.807, 2.05) is 48.5 Å². The van der Waals surface area contributed by atoms with Crippen LogP contribution in [-0.4, -0.2) is 35.1 Å². The van der Waals surface area contributed by atoms with Crippen LogP contribution in [0.3, 0.4) is 0 Å². The van der Waals surface area contributed by atoms with Crippen LogP contribution in [0.5, 0.6) is 17.4 Å². The number of carbonyl (C=O) groups is 1. The molecule has 2 amide bonds. The van der Waals surface area contributed by atoms with E-state index in [-0.39, 0.29) is 11.5 Å². The highest BCUT2D eigenvalue weighted by Gasteiger charge is 2.22. The Hall–Kier alpha value is -4.36. The molecule has 0 saturated carbocycles. The molecule has 2 N–H and O–H groups in total. The molecule has 1 aliphatic rings. The van der Waals surface area contributed by atoms with E-state index < -0.39 is 6.03 Å². The van der Waals surface area contributed by atoms with E-state index in [1.165, 1.54) is 5.56 Å². The van der Waals surface area contributed by atoms with Crippen molar-refractivity contribution in [3.63, 3.8) is 0 Å². The van der Waals surface area contributed by atoms with Crippen molar-refractivity contribution < 1.29 is 14.3 Å². The molecule has 1 aliphatic heterocycles. The first-order valence-electron chi connectivity index (χ1n) is 14.2. The molecule has 0 atom stereocenters. The summed E-state index contributed by atoms with van der Waals surface area (Å²) in [6, 6.07) is 29.1. The van der Waals surface area contributed by atoms with Gasteiger partial charge < -0.3 is 20.1 Å². The maximum Gasteiger partial charge on any atom is 0.323 e. The third-order valence-electron chi connectivity index (χ3n) is 7.10. The maximum absolute atomic E-state index is 12.9. The molecule has 41 heavy (non-hydrogen) atoms. The second-order valence-electron chi connectivity index (χ2n) is 11.4. The Bertz CT molecular complexity index is 1440. The Morgan fingerprint density at radius 1 is 0.902 bits per heavy atom. The summed E-state index contributed by atoms with van der Waals surface area (Å²) in [4.78, 5) is 19.8. The second-order valence-corrected chi connectivity index (χ2v) is 11.4. The van der Waals surface area contributed by atoms with Crippen molar-refractivity contribution in [3.8, 4) is 17.4 Å². The lowest BCUT2D eigenvalue weighted by Gasteiger charge is -2.32. The first kappa shape index (κ1) is 28.2. The third-order valence-corrected chi connectivity index (χ3v) is 7.10. The van der Waals surface area contributed by atoms with Crippen LogP contribution in [0.2, 0.25) is 0 Å². The Balaban J connectivity index is 1.16. The van der Waals surface area contributed by atoms with Crippen molar-refractivity contribution in [2.45, 2.75) is 51.7 Å². The van der Waals surface area contributed by atoms with Gasteiger partial charge in [-0.05, 0) is 54.2 Å². The summed E-state index contributed by atoms with van der Waals surface area (Å²) in [7, 11) is 0. The summed E-state index contributed by atoms with van der Waals surface area (Å²) >= 11 is 0. The minimum absolute atomic E-state index is 0.109. The highest BCUT2D eigenvalue weighted by molar-refractivity contribution is 6.00. The first-order valence-corrected chi connectivity index (χ1v) is 14.2. The van der Waals surface area contributed by atoms with Gasteiger partial charge in [-0.2, -0.15) is 0 Å². The van der Waals surface area contributed by atoms with Gasteiger partial charge >= 0.3 is 6.03 Å². The predicted octanol–water partition coefficient (Wildman–Crippen LogP) is 7.86. The number of pyridine rings is 1. The summed E-state index contributed by atoms with van der Waals surface area (Å²) < 4.78 is 12.5. The fraction of sp³-hybridized carbons (Fsp3) is 0.294. The monoisotopic (exact) mass is 550 g/mol. The number of para-hydroxylation sites is 1. The minimum atomic E-state index is -0.390. The average molecular weight is 551 g/mol. The molecule has 1 saturated heterocycles. The van der Waals surface area contributed by atoms with Gasteiger partial charge in [-0.1, -0.05) is 75.4 Å². The number of piperidine rings is 1. The van der Waals surface area contributed by atoms with Crippen LogP contribution >= 0.6 is 0 Å². The Morgan fingerprint density at radius 2 is 1.66 bits per heavy atom. The van der Waals surface area contributed by atoms with Gasteiger partial charge in [0.2, 0.25) is 5.88 Å². The van der Waals surface area contributed by atoms with Crippen molar-refractivity contribution in [2.24, 2.45) is 0 Å². The van der Waals surface area contributed by atoms with Crippen LogP contribution in [0.4, 0.5) is 16.2 Å². The summed E-state index contributed by atoms with van der Waals surface area (Å²) in [5.74, 6) is 1.78. The topological polar surface area (TPSA) is 75.7 Å². The molecule has 212 valence electrons. The van der Waals surface area contributed by atoms with Crippen LogP contribution in [-0.2, 0) is 12.0 Å². The van der Waals surface area contributed by atoms with E-state index >= 15 is 0 Å². The molecule has 0 aliphatic carbocycles. The fourth-order valence-corrected chi connectivity index (χ4v) is 5.00. The molecule has 4 aromatic rings. The van der Waals surface area contributed by atoms with Gasteiger partial charge in [-0.25, -0.2) is 9.78 Å². The van der Waals surface area contributed by atoms with Crippen LogP contribution in [0.1, 0.15) is 44.7 Å². The van der Waals surface area contributed by atoms with Crippen LogP contribution in [0.25, 0.3) is 0 Å². The number of likely N-dealkylation sites (tertiary alicyclic amines) is 1. The maximum atomic E-state index is 12.9. The van der Waals surface area contributed by atoms with Crippen molar-refractivity contribution >= 4 is 17.4 Å². The van der Waals surface area contributed by atoms with Gasteiger partial charge in [-0.15, -0.1) is 0 Å². The molecular weight excluding hydrogens is 512 g/mol. The van der Waals surface area contributed by atoms with E-state index in [2.05, 4.69) is 71.6 Å². The Kier molecular flexibility index (Phi) is 8.85. The number of rotatable bonds is 8. The Labute approximate surface area is 242 Å². The molecular formula is C34H38N4O3. The molecule has 0 spiro atoms. The average Bonchev–Trinajstić information content (AvgIpc) is 2.96. The standard InChI is InChI=1S/C34H38N4O3/c1-34(2,3)29-15-7-8-17-31(29)41-32-30(16-10-20-35-32)37-33(39)36-26-13-9-14-28(23-26)40-27-18-21-38(22-19-27)24-25-11-5-4-6-12-25/h4-17,20,23,27H,18-19,21-22,24H2,1-3H3,(H2,36,37,39). The van der Waals surface area contributed by atoms with Gasteiger partial charge in [0.05, 0.1) is 0 Å². The van der Waals surface area contributed by atoms with Crippen LogP contribution in [0.15, 0.2) is 97.2 Å². The number of urea groups is 1. The number of nitrogens with one attached hydrogen (secondary N) is 2. The zero-order valence-corrected chi connectivity index (χ0v) is 24.0. The number of amides is 2. The van der Waals surface area contributed by atoms with E-state index in [9.17, 15) is 4.79 Å². The fourth-order valence-electron chi connectivity index (χ4n) is 5.00. The normalized spacial score (nSPS) is 14.3. The van der Waals surface area contributed by atoms with Gasteiger partial charge in [0, 0.05) is 43.1 Å². The van der Waals surface area contributed by atoms with E-state index in [0.717, 1.165) is 43.8 Å². The number of carbonyl (C=O) groups excluding carboxylic acids is 1. The summed E-state index contributed by atoms with van der Waals surface area (Å²) in [6.45, 7) is 9.35. The summed E-state index contributed by atoms with van der Waals surface area (Å²) in [5, 5.41) is 5.79. The van der Waals surface area contributed by atoms with Gasteiger partial charge in [0.25, 0.3) is 0 Å². The highest BCUT2D eigenvalue weighted by Crippen LogP contribution is 2.35. The quantitative estimate of drug-likeness (QED) is 0.234. The number of hydrogen-bond acceptors (Lipinski definition) is 5. The van der Waals surface area contributed by atoms with E-state index in [4.69, 9.17) is 9.47 Å². The molecule has 1 aromatic heterocycles. The SMILES string of the molecule is CC(C)(C)c1ccccc1Oc1ncccc1NC(=O)Nc1cccc(OC2CCN(Cc3ccccc3)CC2)c1. The van der Waals surface area contributed by atoms with Crippen LogP contribution < -0.4 is 20.1 Å². The van der Waals surface area contributed by atoms with Gasteiger partial charge in [-0.3, -0.25) is 4.90 Å². The smallest absolute Gasteiger partial charge is 0.323 e. The van der Waals surface area contributed by atoms with E-state index in [1.54, 1.807) is 18.3 Å². The molecule has 7 nitrogen and oxygen atoms in total. The molecule has 0 bridgehead atoms. The zero-order chi connectivity index (χ0) is 28.7. The number of hydrogen-bond donors (Lipinski definition) is 2.